The fourth-order valence-corrected chi connectivity index (χ4v) is 3.40. The Hall–Kier alpha value is -2.33. The zero-order valence-electron chi connectivity index (χ0n) is 14.7. The second-order valence-corrected chi connectivity index (χ2v) is 6.59. The number of methoxy groups -OCH3 is 1. The minimum absolute atomic E-state index is 0.00794. The molecule has 0 spiro atoms. The van der Waals surface area contributed by atoms with Gasteiger partial charge in [-0.25, -0.2) is 4.79 Å². The molecule has 1 heterocycles. The summed E-state index contributed by atoms with van der Waals surface area (Å²) >= 11 is 0. The number of benzene rings is 2. The van der Waals surface area contributed by atoms with Gasteiger partial charge in [-0.3, -0.25) is 0 Å². The third kappa shape index (κ3) is 4.60. The van der Waals surface area contributed by atoms with Gasteiger partial charge in [-0.1, -0.05) is 60.7 Å². The Balaban J connectivity index is 1.70. The zero-order chi connectivity index (χ0) is 17.5. The second-order valence-electron chi connectivity index (χ2n) is 6.59. The quantitative estimate of drug-likeness (QED) is 0.900. The van der Waals surface area contributed by atoms with E-state index in [0.29, 0.717) is 5.92 Å². The van der Waals surface area contributed by atoms with Crippen LogP contribution in [0, 0.1) is 5.92 Å². The Morgan fingerprint density at radius 1 is 1.04 bits per heavy atom. The van der Waals surface area contributed by atoms with Crippen molar-refractivity contribution in [3.05, 3.63) is 71.8 Å². The third-order valence-corrected chi connectivity index (χ3v) is 4.84. The van der Waals surface area contributed by atoms with Crippen molar-refractivity contribution in [2.45, 2.75) is 18.9 Å². The fraction of sp³-hybridized carbons (Fsp3) is 0.381. The van der Waals surface area contributed by atoms with Crippen LogP contribution in [0.3, 0.4) is 0 Å². The number of nitrogens with zero attached hydrogens (tertiary/aromatic N) is 1. The van der Waals surface area contributed by atoms with E-state index >= 15 is 0 Å². The predicted octanol–water partition coefficient (Wildman–Crippen LogP) is 3.84. The van der Waals surface area contributed by atoms with Crippen LogP contribution < -0.4 is 5.32 Å². The maximum absolute atomic E-state index is 12.8. The SMILES string of the molecule is COCC1CCN(C(=O)NC(c2ccccc2)c2ccccc2)CC1. The van der Waals surface area contributed by atoms with Crippen LogP contribution in [-0.4, -0.2) is 37.7 Å². The van der Waals surface area contributed by atoms with E-state index in [1.807, 2.05) is 41.3 Å². The van der Waals surface area contributed by atoms with E-state index in [2.05, 4.69) is 29.6 Å². The maximum Gasteiger partial charge on any atom is 0.318 e. The Bertz CT molecular complexity index is 613. The molecule has 2 aromatic carbocycles. The van der Waals surface area contributed by atoms with Crippen molar-refractivity contribution in [2.24, 2.45) is 5.92 Å². The summed E-state index contributed by atoms with van der Waals surface area (Å²) in [5.74, 6) is 0.563. The molecule has 2 amide bonds. The van der Waals surface area contributed by atoms with Crippen LogP contribution in [0.5, 0.6) is 0 Å². The standard InChI is InChI=1S/C21H26N2O2/c1-25-16-17-12-14-23(15-13-17)21(24)22-20(18-8-4-2-5-9-18)19-10-6-3-7-11-19/h2-11,17,20H,12-16H2,1H3,(H,22,24). The molecule has 0 unspecified atom stereocenters. The topological polar surface area (TPSA) is 41.6 Å². The molecule has 0 saturated carbocycles. The highest BCUT2D eigenvalue weighted by atomic mass is 16.5. The normalized spacial score (nSPS) is 15.4. The van der Waals surface area contributed by atoms with E-state index in [-0.39, 0.29) is 12.1 Å². The van der Waals surface area contributed by atoms with Crippen LogP contribution in [-0.2, 0) is 4.74 Å². The lowest BCUT2D eigenvalue weighted by Gasteiger charge is -2.33. The molecule has 0 aliphatic carbocycles. The van der Waals surface area contributed by atoms with E-state index in [9.17, 15) is 4.79 Å². The Labute approximate surface area is 149 Å². The van der Waals surface area contributed by atoms with E-state index in [0.717, 1.165) is 43.7 Å². The Morgan fingerprint density at radius 3 is 2.04 bits per heavy atom. The van der Waals surface area contributed by atoms with Gasteiger partial charge >= 0.3 is 6.03 Å². The first-order valence-electron chi connectivity index (χ1n) is 8.92. The van der Waals surface area contributed by atoms with Gasteiger partial charge in [-0.05, 0) is 29.9 Å². The molecule has 4 nitrogen and oxygen atoms in total. The summed E-state index contributed by atoms with van der Waals surface area (Å²) < 4.78 is 5.24. The van der Waals surface area contributed by atoms with Crippen molar-refractivity contribution in [3.8, 4) is 0 Å². The lowest BCUT2D eigenvalue weighted by Crippen LogP contribution is -2.46. The average molecular weight is 338 g/mol. The van der Waals surface area contributed by atoms with Gasteiger partial charge in [0.15, 0.2) is 0 Å². The van der Waals surface area contributed by atoms with Gasteiger partial charge in [0, 0.05) is 26.8 Å². The molecular weight excluding hydrogens is 312 g/mol. The lowest BCUT2D eigenvalue weighted by atomic mass is 9.97. The highest BCUT2D eigenvalue weighted by molar-refractivity contribution is 5.75. The van der Waals surface area contributed by atoms with Crippen LogP contribution in [0.15, 0.2) is 60.7 Å². The molecule has 2 aromatic rings. The highest BCUT2D eigenvalue weighted by Crippen LogP contribution is 2.23. The number of amides is 2. The molecule has 1 N–H and O–H groups in total. The van der Waals surface area contributed by atoms with Crippen molar-refractivity contribution in [1.29, 1.82) is 0 Å². The first kappa shape index (κ1) is 17.5. The van der Waals surface area contributed by atoms with Gasteiger partial charge in [0.05, 0.1) is 6.04 Å². The number of urea groups is 1. The number of rotatable bonds is 5. The van der Waals surface area contributed by atoms with Crippen molar-refractivity contribution in [3.63, 3.8) is 0 Å². The van der Waals surface area contributed by atoms with Crippen LogP contribution >= 0.6 is 0 Å². The number of likely N-dealkylation sites (tertiary alicyclic amines) is 1. The lowest BCUT2D eigenvalue weighted by molar-refractivity contribution is 0.106. The summed E-state index contributed by atoms with van der Waals surface area (Å²) in [4.78, 5) is 14.7. The minimum atomic E-state index is -0.133. The van der Waals surface area contributed by atoms with E-state index in [4.69, 9.17) is 4.74 Å². The zero-order valence-corrected chi connectivity index (χ0v) is 14.7. The predicted molar refractivity (Wildman–Crippen MR) is 99.4 cm³/mol. The smallest absolute Gasteiger partial charge is 0.318 e. The van der Waals surface area contributed by atoms with Crippen LogP contribution in [0.2, 0.25) is 0 Å². The van der Waals surface area contributed by atoms with Crippen LogP contribution in [0.25, 0.3) is 0 Å². The monoisotopic (exact) mass is 338 g/mol. The number of carbonyl (C=O) groups excluding carboxylic acids is 1. The number of hydrogen-bond donors (Lipinski definition) is 1. The molecule has 132 valence electrons. The Kier molecular flexibility index (Phi) is 6.07. The number of ether oxygens (including phenoxy) is 1. The number of nitrogens with one attached hydrogen (secondary N) is 1. The summed E-state index contributed by atoms with van der Waals surface area (Å²) in [6.07, 6.45) is 2.01. The van der Waals surface area contributed by atoms with Crippen molar-refractivity contribution in [1.82, 2.24) is 10.2 Å². The first-order valence-corrected chi connectivity index (χ1v) is 8.92. The van der Waals surface area contributed by atoms with Gasteiger partial charge in [0.1, 0.15) is 0 Å². The van der Waals surface area contributed by atoms with Gasteiger partial charge in [0.25, 0.3) is 0 Å². The summed E-state index contributed by atoms with van der Waals surface area (Å²) in [6.45, 7) is 2.36. The van der Waals surface area contributed by atoms with E-state index in [1.165, 1.54) is 0 Å². The molecule has 1 fully saturated rings. The molecule has 1 saturated heterocycles. The van der Waals surface area contributed by atoms with Crippen LogP contribution in [0.1, 0.15) is 30.0 Å². The number of piperidine rings is 1. The first-order chi connectivity index (χ1) is 12.3. The van der Waals surface area contributed by atoms with E-state index < -0.39 is 0 Å². The van der Waals surface area contributed by atoms with Crippen molar-refractivity contribution in [2.75, 3.05) is 26.8 Å². The summed E-state index contributed by atoms with van der Waals surface area (Å²) in [6, 6.07) is 20.1. The fourth-order valence-electron chi connectivity index (χ4n) is 3.40. The van der Waals surface area contributed by atoms with Gasteiger partial charge in [-0.15, -0.1) is 0 Å². The van der Waals surface area contributed by atoms with Crippen molar-refractivity contribution >= 4 is 6.03 Å². The maximum atomic E-state index is 12.8. The number of carbonyl (C=O) groups is 1. The van der Waals surface area contributed by atoms with Gasteiger partial charge in [-0.2, -0.15) is 0 Å². The van der Waals surface area contributed by atoms with Crippen LogP contribution in [0.4, 0.5) is 4.79 Å². The molecule has 4 heteroatoms. The van der Waals surface area contributed by atoms with Gasteiger partial charge < -0.3 is 15.0 Å². The molecule has 3 rings (SSSR count). The minimum Gasteiger partial charge on any atom is -0.384 e. The average Bonchev–Trinajstić information content (AvgIpc) is 2.68. The molecule has 1 aliphatic heterocycles. The molecule has 0 atom stereocenters. The molecule has 0 radical (unpaired) electrons. The van der Waals surface area contributed by atoms with Gasteiger partial charge in [0.2, 0.25) is 0 Å². The Morgan fingerprint density at radius 2 is 1.56 bits per heavy atom. The third-order valence-electron chi connectivity index (χ3n) is 4.84. The summed E-state index contributed by atoms with van der Waals surface area (Å²) in [5, 5.41) is 3.22. The number of hydrogen-bond acceptors (Lipinski definition) is 2. The summed E-state index contributed by atoms with van der Waals surface area (Å²) in [5.41, 5.74) is 2.19. The molecule has 0 aromatic heterocycles. The second kappa shape index (κ2) is 8.67. The van der Waals surface area contributed by atoms with Crippen molar-refractivity contribution < 1.29 is 9.53 Å². The molecule has 1 aliphatic rings. The molecule has 25 heavy (non-hydrogen) atoms. The van der Waals surface area contributed by atoms with E-state index in [1.54, 1.807) is 7.11 Å². The highest BCUT2D eigenvalue weighted by Gasteiger charge is 2.25. The summed E-state index contributed by atoms with van der Waals surface area (Å²) in [7, 11) is 1.74. The molecular formula is C21H26N2O2. The largest absolute Gasteiger partial charge is 0.384 e. The molecule has 0 bridgehead atoms.